The first-order chi connectivity index (χ1) is 20.4. The smallest absolute Gasteiger partial charge is 0.335 e. The van der Waals surface area contributed by atoms with Crippen LogP contribution in [0.4, 0.5) is 11.5 Å². The number of aromatic amines is 1. The second kappa shape index (κ2) is 11.8. The van der Waals surface area contributed by atoms with E-state index in [9.17, 15) is 19.6 Å². The minimum Gasteiger partial charge on any atom is -0.458 e. The van der Waals surface area contributed by atoms with Gasteiger partial charge in [0.25, 0.3) is 11.5 Å². The molecule has 3 aromatic rings. The maximum atomic E-state index is 13.3. The minimum absolute atomic E-state index is 0.00980. The fourth-order valence-electron chi connectivity index (χ4n) is 5.72. The van der Waals surface area contributed by atoms with Gasteiger partial charge in [-0.05, 0) is 77.3 Å². The number of rotatable bonds is 6. The number of amides is 1. The van der Waals surface area contributed by atoms with Crippen molar-refractivity contribution < 1.29 is 23.8 Å². The van der Waals surface area contributed by atoms with Gasteiger partial charge in [-0.25, -0.2) is 4.79 Å². The predicted molar refractivity (Wildman–Crippen MR) is 159 cm³/mol. The first-order valence-corrected chi connectivity index (χ1v) is 14.5. The van der Waals surface area contributed by atoms with Gasteiger partial charge in [0.2, 0.25) is 0 Å². The molecule has 0 spiro atoms. The lowest BCUT2D eigenvalue weighted by Crippen LogP contribution is -2.47. The SMILES string of the molecule is Cc1cc(Nc2nn([C@]3(CC#N)CC[C@@H](C(=O)OC(C)(C)C)OC3)c3cc[nH]c(=O)c23)ccc1C(=O)N1CCOCC1C. The number of carbonyl (C=O) groups excluding carboxylic acids is 2. The molecule has 2 aromatic heterocycles. The number of nitriles is 1. The average Bonchev–Trinajstić information content (AvgIpc) is 3.33. The van der Waals surface area contributed by atoms with E-state index in [-0.39, 0.29) is 30.5 Å². The summed E-state index contributed by atoms with van der Waals surface area (Å²) < 4.78 is 18.6. The molecule has 2 fully saturated rings. The average molecular weight is 591 g/mol. The summed E-state index contributed by atoms with van der Waals surface area (Å²) in [5.41, 5.74) is 0.669. The molecule has 1 unspecified atom stereocenters. The Morgan fingerprint density at radius 3 is 2.74 bits per heavy atom. The summed E-state index contributed by atoms with van der Waals surface area (Å²) in [6.45, 7) is 10.8. The second-order valence-electron chi connectivity index (χ2n) is 12.3. The molecule has 0 saturated carbocycles. The second-order valence-corrected chi connectivity index (χ2v) is 12.3. The van der Waals surface area contributed by atoms with E-state index in [0.29, 0.717) is 60.6 Å². The van der Waals surface area contributed by atoms with Crippen molar-refractivity contribution in [1.82, 2.24) is 19.7 Å². The molecule has 0 radical (unpaired) electrons. The number of ether oxygens (including phenoxy) is 3. The molecule has 1 aromatic carbocycles. The van der Waals surface area contributed by atoms with Crippen LogP contribution in [0.25, 0.3) is 10.9 Å². The molecule has 2 aliphatic heterocycles. The summed E-state index contributed by atoms with van der Waals surface area (Å²) in [4.78, 5) is 43.5. The third-order valence-corrected chi connectivity index (χ3v) is 7.90. The predicted octanol–water partition coefficient (Wildman–Crippen LogP) is 3.77. The highest BCUT2D eigenvalue weighted by molar-refractivity contribution is 5.97. The van der Waals surface area contributed by atoms with Crippen LogP contribution >= 0.6 is 0 Å². The van der Waals surface area contributed by atoms with Crippen LogP contribution in [-0.4, -0.2) is 75.7 Å². The lowest BCUT2D eigenvalue weighted by Gasteiger charge is -2.39. The Kier molecular flexibility index (Phi) is 8.31. The topological polar surface area (TPSA) is 152 Å². The van der Waals surface area contributed by atoms with Gasteiger partial charge in [0.1, 0.15) is 11.0 Å². The van der Waals surface area contributed by atoms with E-state index >= 15 is 0 Å². The van der Waals surface area contributed by atoms with Crippen LogP contribution in [0.2, 0.25) is 0 Å². The van der Waals surface area contributed by atoms with Crippen LogP contribution in [0.3, 0.4) is 0 Å². The number of aromatic nitrogens is 3. The number of fused-ring (bicyclic) bond motifs is 1. The molecule has 2 N–H and O–H groups in total. The van der Waals surface area contributed by atoms with Crippen molar-refractivity contribution in [1.29, 1.82) is 5.26 Å². The quantitative estimate of drug-likeness (QED) is 0.409. The van der Waals surface area contributed by atoms with E-state index in [1.807, 2.05) is 24.8 Å². The summed E-state index contributed by atoms with van der Waals surface area (Å²) in [6, 6.07) is 9.38. The van der Waals surface area contributed by atoms with Crippen molar-refractivity contribution in [2.24, 2.45) is 0 Å². The van der Waals surface area contributed by atoms with Gasteiger partial charge >= 0.3 is 5.97 Å². The summed E-state index contributed by atoms with van der Waals surface area (Å²) in [6.07, 6.45) is 1.60. The molecule has 0 aliphatic carbocycles. The van der Waals surface area contributed by atoms with Crippen LogP contribution in [-0.2, 0) is 24.5 Å². The third-order valence-electron chi connectivity index (χ3n) is 7.90. The maximum absolute atomic E-state index is 13.3. The molecular weight excluding hydrogens is 552 g/mol. The first-order valence-electron chi connectivity index (χ1n) is 14.5. The van der Waals surface area contributed by atoms with Gasteiger partial charge in [-0.3, -0.25) is 14.3 Å². The highest BCUT2D eigenvalue weighted by Gasteiger charge is 2.43. The summed E-state index contributed by atoms with van der Waals surface area (Å²) in [5, 5.41) is 18.2. The van der Waals surface area contributed by atoms with Crippen LogP contribution in [0, 0.1) is 18.3 Å². The van der Waals surface area contributed by atoms with E-state index in [2.05, 4.69) is 16.4 Å². The van der Waals surface area contributed by atoms with Crippen LogP contribution in [0.5, 0.6) is 0 Å². The van der Waals surface area contributed by atoms with Gasteiger partial charge in [-0.15, -0.1) is 0 Å². The normalized spacial score (nSPS) is 22.7. The molecule has 2 saturated heterocycles. The van der Waals surface area contributed by atoms with Gasteiger partial charge in [0.15, 0.2) is 11.9 Å². The number of aryl methyl sites for hydroxylation is 1. The number of carbonyl (C=O) groups is 2. The van der Waals surface area contributed by atoms with Crippen molar-refractivity contribution in [3.05, 3.63) is 51.9 Å². The number of H-pyrrole nitrogens is 1. The Morgan fingerprint density at radius 1 is 1.30 bits per heavy atom. The number of nitrogens with one attached hydrogen (secondary N) is 2. The number of hydrogen-bond donors (Lipinski definition) is 2. The number of nitrogens with zero attached hydrogens (tertiary/aromatic N) is 4. The van der Waals surface area contributed by atoms with Crippen LogP contribution < -0.4 is 10.9 Å². The Labute approximate surface area is 249 Å². The Morgan fingerprint density at radius 2 is 2.09 bits per heavy atom. The monoisotopic (exact) mass is 590 g/mol. The number of esters is 1. The summed E-state index contributed by atoms with van der Waals surface area (Å²) in [5.74, 6) is -0.183. The molecular formula is C31H38N6O6. The number of anilines is 2. The molecule has 43 heavy (non-hydrogen) atoms. The number of hydrogen-bond acceptors (Lipinski definition) is 9. The third kappa shape index (κ3) is 6.14. The van der Waals surface area contributed by atoms with Crippen molar-refractivity contribution in [3.8, 4) is 6.07 Å². The summed E-state index contributed by atoms with van der Waals surface area (Å²) >= 11 is 0. The first kappa shape index (κ1) is 30.3. The zero-order chi connectivity index (χ0) is 30.9. The highest BCUT2D eigenvalue weighted by atomic mass is 16.6. The number of morpholine rings is 1. The minimum atomic E-state index is -0.903. The van der Waals surface area contributed by atoms with Crippen molar-refractivity contribution in [3.63, 3.8) is 0 Å². The molecule has 3 atom stereocenters. The number of pyridine rings is 1. The van der Waals surface area contributed by atoms with E-state index in [0.717, 1.165) is 5.56 Å². The van der Waals surface area contributed by atoms with Crippen molar-refractivity contribution >= 4 is 34.3 Å². The van der Waals surface area contributed by atoms with Gasteiger partial charge in [0, 0.05) is 24.0 Å². The van der Waals surface area contributed by atoms with Gasteiger partial charge in [-0.2, -0.15) is 10.4 Å². The molecule has 5 rings (SSSR count). The molecule has 2 aliphatic rings. The molecule has 228 valence electrons. The summed E-state index contributed by atoms with van der Waals surface area (Å²) in [7, 11) is 0. The lowest BCUT2D eigenvalue weighted by atomic mass is 9.87. The molecule has 0 bridgehead atoms. The molecule has 4 heterocycles. The Bertz CT molecular complexity index is 1620. The molecule has 1 amide bonds. The number of benzene rings is 1. The van der Waals surface area contributed by atoms with Gasteiger partial charge in [-0.1, -0.05) is 0 Å². The standard InChI is InChI=1S/C31H38N6O6/c1-19-16-21(6-7-22(19)28(39)36-14-15-41-17-20(36)2)34-26-25-23(9-13-33-27(25)38)37(35-26)31(11-12-32)10-8-24(42-18-31)29(40)43-30(3,4)5/h6-7,9,13,16,20,24H,8,10-11,14-15,17-18H2,1-5H3,(H,33,38)(H,34,35)/t20?,24-,31-/m0/s1. The largest absolute Gasteiger partial charge is 0.458 e. The maximum Gasteiger partial charge on any atom is 0.335 e. The fourth-order valence-corrected chi connectivity index (χ4v) is 5.72. The van der Waals surface area contributed by atoms with Crippen LogP contribution in [0.15, 0.2) is 35.3 Å². The van der Waals surface area contributed by atoms with E-state index < -0.39 is 23.2 Å². The lowest BCUT2D eigenvalue weighted by molar-refractivity contribution is -0.176. The molecule has 12 heteroatoms. The van der Waals surface area contributed by atoms with Crippen LogP contribution in [0.1, 0.15) is 62.9 Å². The van der Waals surface area contributed by atoms with E-state index in [1.165, 1.54) is 6.20 Å². The van der Waals surface area contributed by atoms with E-state index in [1.54, 1.807) is 43.7 Å². The zero-order valence-corrected chi connectivity index (χ0v) is 25.2. The Balaban J connectivity index is 1.44. The van der Waals surface area contributed by atoms with Gasteiger partial charge in [0.05, 0.1) is 49.4 Å². The highest BCUT2D eigenvalue weighted by Crippen LogP contribution is 2.37. The van der Waals surface area contributed by atoms with Gasteiger partial charge < -0.3 is 29.4 Å². The molecule has 12 nitrogen and oxygen atoms in total. The Hall–Kier alpha value is -4.21. The zero-order valence-electron chi connectivity index (χ0n) is 25.2. The van der Waals surface area contributed by atoms with Crippen molar-refractivity contribution in [2.45, 2.75) is 77.2 Å². The van der Waals surface area contributed by atoms with E-state index in [4.69, 9.17) is 19.3 Å². The fraction of sp³-hybridized carbons (Fsp3) is 0.516. The van der Waals surface area contributed by atoms with Crippen molar-refractivity contribution in [2.75, 3.05) is 31.7 Å².